The van der Waals surface area contributed by atoms with Crippen molar-refractivity contribution in [1.82, 2.24) is 0 Å². The number of hydrogen-bond acceptors (Lipinski definition) is 4. The molecule has 1 aromatic heterocycles. The van der Waals surface area contributed by atoms with Gasteiger partial charge in [-0.15, -0.1) is 11.3 Å². The van der Waals surface area contributed by atoms with Crippen LogP contribution < -0.4 is 5.32 Å². The third-order valence-electron chi connectivity index (χ3n) is 4.61. The largest absolute Gasteiger partial charge is 0.465 e. The van der Waals surface area contributed by atoms with E-state index in [9.17, 15) is 14.0 Å². The predicted octanol–water partition coefficient (Wildman–Crippen LogP) is 5.52. The fourth-order valence-electron chi connectivity index (χ4n) is 2.99. The fraction of sp³-hybridized carbons (Fsp3) is 0.182. The molecule has 0 radical (unpaired) electrons. The van der Waals surface area contributed by atoms with Gasteiger partial charge in [-0.2, -0.15) is 0 Å². The first-order valence-corrected chi connectivity index (χ1v) is 9.50. The van der Waals surface area contributed by atoms with Gasteiger partial charge in [0, 0.05) is 10.4 Å². The number of halogens is 1. The van der Waals surface area contributed by atoms with E-state index in [-0.39, 0.29) is 11.1 Å². The highest BCUT2D eigenvalue weighted by molar-refractivity contribution is 7.17. The minimum Gasteiger partial charge on any atom is -0.465 e. The summed E-state index contributed by atoms with van der Waals surface area (Å²) in [6.07, 6.45) is 0. The maximum atomic E-state index is 14.0. The van der Waals surface area contributed by atoms with E-state index < -0.39 is 17.7 Å². The molecule has 6 heteroatoms. The Morgan fingerprint density at radius 1 is 1.04 bits per heavy atom. The normalized spacial score (nSPS) is 10.6. The van der Waals surface area contributed by atoms with Crippen molar-refractivity contribution < 1.29 is 18.7 Å². The molecule has 0 saturated carbocycles. The summed E-state index contributed by atoms with van der Waals surface area (Å²) in [6.45, 7) is 5.89. The van der Waals surface area contributed by atoms with E-state index >= 15 is 0 Å². The quantitative estimate of drug-likeness (QED) is 0.590. The van der Waals surface area contributed by atoms with Gasteiger partial charge in [0.25, 0.3) is 5.91 Å². The van der Waals surface area contributed by atoms with Gasteiger partial charge in [0.15, 0.2) is 0 Å². The van der Waals surface area contributed by atoms with E-state index in [1.807, 2.05) is 39.0 Å². The van der Waals surface area contributed by atoms with E-state index in [4.69, 9.17) is 4.74 Å². The number of anilines is 1. The molecular formula is C22H20FNO3S. The maximum absolute atomic E-state index is 14.0. The molecule has 0 fully saturated rings. The van der Waals surface area contributed by atoms with Gasteiger partial charge in [-0.05, 0) is 49.6 Å². The molecule has 0 aliphatic carbocycles. The second kappa shape index (κ2) is 7.94. The summed E-state index contributed by atoms with van der Waals surface area (Å²) < 4.78 is 18.9. The lowest BCUT2D eigenvalue weighted by Gasteiger charge is -2.10. The number of rotatable bonds is 4. The smallest absolute Gasteiger partial charge is 0.341 e. The molecule has 2 aromatic carbocycles. The van der Waals surface area contributed by atoms with E-state index in [0.717, 1.165) is 21.6 Å². The average Bonchev–Trinajstić information content (AvgIpc) is 2.99. The van der Waals surface area contributed by atoms with Crippen LogP contribution in [0, 0.1) is 26.6 Å². The maximum Gasteiger partial charge on any atom is 0.341 e. The summed E-state index contributed by atoms with van der Waals surface area (Å²) in [5.41, 5.74) is 4.00. The Morgan fingerprint density at radius 3 is 2.39 bits per heavy atom. The Morgan fingerprint density at radius 2 is 1.75 bits per heavy atom. The predicted molar refractivity (Wildman–Crippen MR) is 110 cm³/mol. The molecule has 1 amide bonds. The minimum absolute atomic E-state index is 0.0860. The molecule has 1 N–H and O–H groups in total. The molecule has 0 atom stereocenters. The van der Waals surface area contributed by atoms with Crippen LogP contribution >= 0.6 is 11.3 Å². The molecule has 3 rings (SSSR count). The second-order valence-corrected chi connectivity index (χ2v) is 7.69. The van der Waals surface area contributed by atoms with Crippen molar-refractivity contribution in [3.8, 4) is 11.1 Å². The Labute approximate surface area is 167 Å². The average molecular weight is 397 g/mol. The fourth-order valence-corrected chi connectivity index (χ4v) is 4.05. The van der Waals surface area contributed by atoms with E-state index in [1.54, 1.807) is 6.07 Å². The van der Waals surface area contributed by atoms with E-state index in [0.29, 0.717) is 10.6 Å². The van der Waals surface area contributed by atoms with Gasteiger partial charge in [-0.1, -0.05) is 30.3 Å². The number of nitrogens with one attached hydrogen (secondary N) is 1. The molecule has 0 bridgehead atoms. The van der Waals surface area contributed by atoms with Gasteiger partial charge in [-0.25, -0.2) is 9.18 Å². The first-order valence-electron chi connectivity index (χ1n) is 8.68. The van der Waals surface area contributed by atoms with Crippen molar-refractivity contribution in [1.29, 1.82) is 0 Å². The van der Waals surface area contributed by atoms with Gasteiger partial charge in [0.1, 0.15) is 16.4 Å². The molecular weight excluding hydrogens is 377 g/mol. The third kappa shape index (κ3) is 3.68. The number of methoxy groups -OCH3 is 1. The standard InChI is InChI=1S/C22H20FNO3S/c1-12-9-10-15(11-13(12)2)18-14(3)28-21(19(18)22(26)27-4)24-20(25)16-7-5-6-8-17(16)23/h5-11H,1-4H3,(H,24,25). The molecule has 0 aliphatic rings. The van der Waals surface area contributed by atoms with Gasteiger partial charge < -0.3 is 10.1 Å². The van der Waals surface area contributed by atoms with Crippen molar-refractivity contribution in [2.24, 2.45) is 0 Å². The zero-order valence-corrected chi connectivity index (χ0v) is 16.9. The summed E-state index contributed by atoms with van der Waals surface area (Å²) in [5, 5.41) is 3.02. The Balaban J connectivity index is 2.10. The lowest BCUT2D eigenvalue weighted by Crippen LogP contribution is -2.15. The Kier molecular flexibility index (Phi) is 5.61. The molecule has 0 saturated heterocycles. The monoisotopic (exact) mass is 397 g/mol. The molecule has 0 unspecified atom stereocenters. The number of thiophene rings is 1. The highest BCUT2D eigenvalue weighted by Gasteiger charge is 2.26. The molecule has 144 valence electrons. The van der Waals surface area contributed by atoms with Crippen LogP contribution in [0.5, 0.6) is 0 Å². The number of benzene rings is 2. The summed E-state index contributed by atoms with van der Waals surface area (Å²) in [6, 6.07) is 11.6. The van der Waals surface area contributed by atoms with Crippen LogP contribution in [-0.2, 0) is 4.74 Å². The molecule has 0 aliphatic heterocycles. The highest BCUT2D eigenvalue weighted by Crippen LogP contribution is 2.41. The first-order chi connectivity index (χ1) is 13.3. The highest BCUT2D eigenvalue weighted by atomic mass is 32.1. The number of amides is 1. The van der Waals surface area contributed by atoms with Crippen molar-refractivity contribution >= 4 is 28.2 Å². The molecule has 28 heavy (non-hydrogen) atoms. The van der Waals surface area contributed by atoms with Crippen LogP contribution in [0.25, 0.3) is 11.1 Å². The van der Waals surface area contributed by atoms with E-state index in [2.05, 4.69) is 5.32 Å². The van der Waals surface area contributed by atoms with Crippen molar-refractivity contribution in [3.05, 3.63) is 75.4 Å². The Hall–Kier alpha value is -2.99. The van der Waals surface area contributed by atoms with Crippen molar-refractivity contribution in [3.63, 3.8) is 0 Å². The molecule has 3 aromatic rings. The van der Waals surface area contributed by atoms with E-state index in [1.165, 1.54) is 36.6 Å². The summed E-state index contributed by atoms with van der Waals surface area (Å²) >= 11 is 1.26. The zero-order chi connectivity index (χ0) is 20.4. The SMILES string of the molecule is COC(=O)c1c(NC(=O)c2ccccc2F)sc(C)c1-c1ccc(C)c(C)c1. The number of aryl methyl sites for hydroxylation is 3. The lowest BCUT2D eigenvalue weighted by molar-refractivity contribution is 0.0603. The summed E-state index contributed by atoms with van der Waals surface area (Å²) in [4.78, 5) is 25.9. The van der Waals surface area contributed by atoms with Crippen LogP contribution in [0.3, 0.4) is 0 Å². The lowest BCUT2D eigenvalue weighted by atomic mass is 9.97. The number of carbonyl (C=O) groups is 2. The first kappa shape index (κ1) is 19.8. The second-order valence-electron chi connectivity index (χ2n) is 6.46. The number of hydrogen-bond donors (Lipinski definition) is 1. The molecule has 4 nitrogen and oxygen atoms in total. The Bertz CT molecular complexity index is 1070. The zero-order valence-electron chi connectivity index (χ0n) is 16.1. The summed E-state index contributed by atoms with van der Waals surface area (Å²) in [5.74, 6) is -1.79. The summed E-state index contributed by atoms with van der Waals surface area (Å²) in [7, 11) is 1.29. The van der Waals surface area contributed by atoms with Crippen LogP contribution in [0.1, 0.15) is 36.7 Å². The van der Waals surface area contributed by atoms with Gasteiger partial charge in [0.05, 0.1) is 12.7 Å². The number of ether oxygens (including phenoxy) is 1. The van der Waals surface area contributed by atoms with Gasteiger partial charge >= 0.3 is 5.97 Å². The molecule has 0 spiro atoms. The van der Waals surface area contributed by atoms with Gasteiger partial charge in [0.2, 0.25) is 0 Å². The third-order valence-corrected chi connectivity index (χ3v) is 5.64. The van der Waals surface area contributed by atoms with Crippen LogP contribution in [0.15, 0.2) is 42.5 Å². The van der Waals surface area contributed by atoms with Crippen molar-refractivity contribution in [2.45, 2.75) is 20.8 Å². The topological polar surface area (TPSA) is 55.4 Å². The van der Waals surface area contributed by atoms with Gasteiger partial charge in [-0.3, -0.25) is 4.79 Å². The van der Waals surface area contributed by atoms with Crippen LogP contribution in [0.2, 0.25) is 0 Å². The minimum atomic E-state index is -0.623. The van der Waals surface area contributed by atoms with Crippen LogP contribution in [0.4, 0.5) is 9.39 Å². The van der Waals surface area contributed by atoms with Crippen molar-refractivity contribution in [2.75, 3.05) is 12.4 Å². The molecule has 1 heterocycles. The number of esters is 1. The number of carbonyl (C=O) groups excluding carboxylic acids is 2. The van der Waals surface area contributed by atoms with Crippen LogP contribution in [-0.4, -0.2) is 19.0 Å².